The van der Waals surface area contributed by atoms with Gasteiger partial charge in [0.05, 0.1) is 20.2 Å². The Morgan fingerprint density at radius 3 is 2.46 bits per heavy atom. The van der Waals surface area contributed by atoms with Crippen molar-refractivity contribution in [2.45, 2.75) is 33.2 Å². The number of hydrogen-bond donors (Lipinski definition) is 3. The minimum atomic E-state index is -0.491. The van der Waals surface area contributed by atoms with Crippen molar-refractivity contribution in [3.8, 4) is 17.6 Å². The highest BCUT2D eigenvalue weighted by Crippen LogP contribution is 2.17. The number of nitrogens with zero attached hydrogens (tertiary/aromatic N) is 2. The van der Waals surface area contributed by atoms with Crippen molar-refractivity contribution < 1.29 is 14.3 Å². The number of ether oxygens (including phenoxy) is 1. The Kier molecular flexibility index (Phi) is 23.1. The standard InChI is InChI=1S/C19H28N4O3.C8H13N.C2H4/c1-4-5-6-7-10-21-19(25)22-18(24)14-23(2)13-16-11-17(26-3)9-8-15(16)12-20;1-4-5-6-7-8-9(2)3;1-2/h5-6,8-9,11-12,20H,4,7,10,13-14H2,1-3H3,(H2,21,22,24,25);4-5H,8H2,1-3H3;1-2H2/b6-5-,20-12?;5-4+;. The second kappa shape index (κ2) is 24.0. The van der Waals surface area contributed by atoms with E-state index in [1.807, 2.05) is 63.2 Å². The molecule has 0 saturated heterocycles. The van der Waals surface area contributed by atoms with Crippen LogP contribution < -0.4 is 15.4 Å². The van der Waals surface area contributed by atoms with Crippen LogP contribution in [0.2, 0.25) is 0 Å². The van der Waals surface area contributed by atoms with Crippen LogP contribution in [0.5, 0.6) is 5.75 Å². The molecule has 8 heteroatoms. The molecule has 0 atom stereocenters. The summed E-state index contributed by atoms with van der Waals surface area (Å²) in [6.45, 7) is 11.9. The summed E-state index contributed by atoms with van der Waals surface area (Å²) in [6, 6.07) is 4.94. The molecule has 0 radical (unpaired) electrons. The van der Waals surface area contributed by atoms with E-state index in [2.05, 4.69) is 35.6 Å². The average molecular weight is 512 g/mol. The Morgan fingerprint density at radius 1 is 1.19 bits per heavy atom. The lowest BCUT2D eigenvalue weighted by atomic mass is 10.1. The summed E-state index contributed by atoms with van der Waals surface area (Å²) < 4.78 is 5.20. The molecule has 0 saturated carbocycles. The van der Waals surface area contributed by atoms with Crippen molar-refractivity contribution in [3.63, 3.8) is 0 Å². The molecule has 0 aliphatic rings. The van der Waals surface area contributed by atoms with Gasteiger partial charge in [0.1, 0.15) is 5.75 Å². The maximum absolute atomic E-state index is 12.0. The number of urea groups is 1. The molecular formula is C29H45N5O3. The topological polar surface area (TPSA) is 97.8 Å². The molecule has 0 aromatic heterocycles. The highest BCUT2D eigenvalue weighted by Gasteiger charge is 2.12. The Labute approximate surface area is 224 Å². The number of amides is 3. The largest absolute Gasteiger partial charge is 0.497 e. The fourth-order valence-electron chi connectivity index (χ4n) is 2.69. The van der Waals surface area contributed by atoms with E-state index >= 15 is 0 Å². The normalized spacial score (nSPS) is 10.1. The van der Waals surface area contributed by atoms with Crippen LogP contribution in [0.4, 0.5) is 4.79 Å². The van der Waals surface area contributed by atoms with E-state index in [0.717, 1.165) is 30.5 Å². The molecule has 3 amide bonds. The Morgan fingerprint density at radius 2 is 1.89 bits per heavy atom. The van der Waals surface area contributed by atoms with Gasteiger partial charge in [-0.05, 0) is 76.3 Å². The Bertz CT molecular complexity index is 914. The summed E-state index contributed by atoms with van der Waals surface area (Å²) in [5.74, 6) is 6.18. The average Bonchev–Trinajstić information content (AvgIpc) is 2.87. The second-order valence-electron chi connectivity index (χ2n) is 7.91. The van der Waals surface area contributed by atoms with Crippen LogP contribution in [-0.2, 0) is 11.3 Å². The molecule has 0 fully saturated rings. The zero-order chi connectivity index (χ0) is 28.5. The van der Waals surface area contributed by atoms with Crippen molar-refractivity contribution in [1.82, 2.24) is 20.4 Å². The second-order valence-corrected chi connectivity index (χ2v) is 7.91. The summed E-state index contributed by atoms with van der Waals surface area (Å²) >= 11 is 0. The first-order chi connectivity index (χ1) is 17.8. The molecule has 8 nitrogen and oxygen atoms in total. The lowest BCUT2D eigenvalue weighted by molar-refractivity contribution is -0.120. The lowest BCUT2D eigenvalue weighted by Gasteiger charge is -2.18. The fraction of sp³-hybridized carbons (Fsp3) is 0.414. The minimum Gasteiger partial charge on any atom is -0.497 e. The number of nitrogens with one attached hydrogen (secondary N) is 3. The molecule has 3 N–H and O–H groups in total. The Balaban J connectivity index is 0. The highest BCUT2D eigenvalue weighted by molar-refractivity contribution is 5.95. The zero-order valence-electron chi connectivity index (χ0n) is 23.4. The SMILES string of the molecule is C/C=C/C#CCN(C)C.C=C.CC/C=C\CCNC(=O)NC(=O)CN(C)Cc1cc(OC)ccc1C=N. The van der Waals surface area contributed by atoms with Gasteiger partial charge in [0.25, 0.3) is 0 Å². The highest BCUT2D eigenvalue weighted by atomic mass is 16.5. The van der Waals surface area contributed by atoms with E-state index in [1.54, 1.807) is 31.2 Å². The van der Waals surface area contributed by atoms with Crippen LogP contribution in [0, 0.1) is 17.3 Å². The summed E-state index contributed by atoms with van der Waals surface area (Å²) in [6.07, 6.45) is 10.8. The summed E-state index contributed by atoms with van der Waals surface area (Å²) in [4.78, 5) is 27.5. The maximum Gasteiger partial charge on any atom is 0.321 e. The molecule has 0 heterocycles. The van der Waals surface area contributed by atoms with Crippen LogP contribution >= 0.6 is 0 Å². The van der Waals surface area contributed by atoms with Crippen molar-refractivity contribution in [3.05, 3.63) is 66.8 Å². The molecular weight excluding hydrogens is 466 g/mol. The number of imide groups is 1. The molecule has 204 valence electrons. The lowest BCUT2D eigenvalue weighted by Crippen LogP contribution is -2.43. The van der Waals surface area contributed by atoms with Gasteiger partial charge in [-0.2, -0.15) is 0 Å². The quantitative estimate of drug-likeness (QED) is 0.179. The molecule has 0 spiro atoms. The van der Waals surface area contributed by atoms with Crippen LogP contribution in [0.3, 0.4) is 0 Å². The smallest absolute Gasteiger partial charge is 0.321 e. The predicted octanol–water partition coefficient (Wildman–Crippen LogP) is 4.24. The third-order valence-corrected chi connectivity index (χ3v) is 4.36. The van der Waals surface area contributed by atoms with Crippen LogP contribution in [-0.4, -0.2) is 75.8 Å². The predicted molar refractivity (Wildman–Crippen MR) is 155 cm³/mol. The van der Waals surface area contributed by atoms with E-state index in [1.165, 1.54) is 6.21 Å². The number of likely N-dealkylation sites (N-methyl/N-ethyl adjacent to an activating group) is 1. The minimum absolute atomic E-state index is 0.0673. The number of carbonyl (C=O) groups excluding carboxylic acids is 2. The van der Waals surface area contributed by atoms with Gasteiger partial charge in [-0.25, -0.2) is 4.79 Å². The van der Waals surface area contributed by atoms with E-state index in [0.29, 0.717) is 18.8 Å². The molecule has 1 rings (SSSR count). The van der Waals surface area contributed by atoms with Gasteiger partial charge in [0.15, 0.2) is 0 Å². The monoisotopic (exact) mass is 511 g/mol. The number of rotatable bonds is 11. The van der Waals surface area contributed by atoms with Gasteiger partial charge in [-0.15, -0.1) is 13.2 Å². The molecule has 37 heavy (non-hydrogen) atoms. The first kappa shape index (κ1) is 35.5. The van der Waals surface area contributed by atoms with E-state index in [-0.39, 0.29) is 12.5 Å². The number of benzene rings is 1. The number of methoxy groups -OCH3 is 1. The Hall–Kier alpha value is -3.67. The number of allylic oxidation sites excluding steroid dienone is 3. The fourth-order valence-corrected chi connectivity index (χ4v) is 2.69. The molecule has 1 aromatic carbocycles. The van der Waals surface area contributed by atoms with Gasteiger partial charge in [0, 0.05) is 19.3 Å². The van der Waals surface area contributed by atoms with E-state index in [4.69, 9.17) is 10.1 Å². The first-order valence-corrected chi connectivity index (χ1v) is 12.1. The summed E-state index contributed by atoms with van der Waals surface area (Å²) in [5.41, 5.74) is 1.64. The zero-order valence-corrected chi connectivity index (χ0v) is 23.4. The van der Waals surface area contributed by atoms with Gasteiger partial charge >= 0.3 is 6.03 Å². The van der Waals surface area contributed by atoms with Crippen molar-refractivity contribution in [1.29, 1.82) is 5.41 Å². The van der Waals surface area contributed by atoms with Gasteiger partial charge < -0.3 is 15.5 Å². The van der Waals surface area contributed by atoms with Gasteiger partial charge in [-0.3, -0.25) is 19.9 Å². The number of carbonyl (C=O) groups is 2. The molecule has 0 aliphatic carbocycles. The third-order valence-electron chi connectivity index (χ3n) is 4.36. The van der Waals surface area contributed by atoms with Gasteiger partial charge in [0.2, 0.25) is 5.91 Å². The number of hydrogen-bond acceptors (Lipinski definition) is 6. The molecule has 1 aromatic rings. The third kappa shape index (κ3) is 20.2. The van der Waals surface area contributed by atoms with Crippen molar-refractivity contribution in [2.24, 2.45) is 0 Å². The molecule has 0 aliphatic heterocycles. The molecule has 0 bridgehead atoms. The van der Waals surface area contributed by atoms with E-state index < -0.39 is 6.03 Å². The van der Waals surface area contributed by atoms with Crippen molar-refractivity contribution >= 4 is 18.2 Å². The summed E-state index contributed by atoms with van der Waals surface area (Å²) in [5, 5.41) is 12.4. The van der Waals surface area contributed by atoms with Gasteiger partial charge in [-0.1, -0.05) is 37.0 Å². The van der Waals surface area contributed by atoms with Crippen molar-refractivity contribution in [2.75, 3.05) is 47.9 Å². The van der Waals surface area contributed by atoms with Crippen LogP contribution in [0.1, 0.15) is 37.8 Å². The van der Waals surface area contributed by atoms with Crippen LogP contribution in [0.25, 0.3) is 0 Å². The van der Waals surface area contributed by atoms with E-state index in [9.17, 15) is 9.59 Å². The summed E-state index contributed by atoms with van der Waals surface area (Å²) in [7, 11) is 7.37. The first-order valence-electron chi connectivity index (χ1n) is 12.1. The van der Waals surface area contributed by atoms with Crippen LogP contribution in [0.15, 0.2) is 55.7 Å². The maximum atomic E-state index is 12.0. The molecule has 0 unspecified atom stereocenters.